The van der Waals surface area contributed by atoms with E-state index in [0.29, 0.717) is 30.8 Å². The van der Waals surface area contributed by atoms with Crippen molar-refractivity contribution < 1.29 is 8.94 Å². The van der Waals surface area contributed by atoms with Crippen molar-refractivity contribution in [2.45, 2.75) is 46.2 Å². The van der Waals surface area contributed by atoms with E-state index >= 15 is 0 Å². The number of para-hydroxylation sites is 1. The molecule has 138 valence electrons. The number of benzene rings is 1. The summed E-state index contributed by atoms with van der Waals surface area (Å²) in [6.45, 7) is 9.14. The van der Waals surface area contributed by atoms with Gasteiger partial charge in [-0.2, -0.15) is 4.98 Å². The summed E-state index contributed by atoms with van der Waals surface area (Å²) in [5.74, 6) is 2.75. The quantitative estimate of drug-likeness (QED) is 0.551. The van der Waals surface area contributed by atoms with Gasteiger partial charge in [-0.05, 0) is 13.0 Å². The molecule has 26 heavy (non-hydrogen) atoms. The molecule has 3 rings (SSSR count). The Hall–Kier alpha value is -2.83. The zero-order valence-corrected chi connectivity index (χ0v) is 15.9. The van der Waals surface area contributed by atoms with E-state index in [1.165, 1.54) is 0 Å². The van der Waals surface area contributed by atoms with E-state index < -0.39 is 0 Å². The molecule has 2 heterocycles. The maximum atomic E-state index is 5.91. The van der Waals surface area contributed by atoms with E-state index in [4.69, 9.17) is 8.94 Å². The second-order valence-corrected chi connectivity index (χ2v) is 7.19. The number of rotatable bonds is 4. The minimum atomic E-state index is -0.163. The predicted octanol–water partition coefficient (Wildman–Crippen LogP) is 3.29. The molecule has 7 nitrogen and oxygen atoms in total. The van der Waals surface area contributed by atoms with Gasteiger partial charge >= 0.3 is 0 Å². The molecule has 2 N–H and O–H groups in total. The fourth-order valence-corrected chi connectivity index (χ4v) is 2.57. The van der Waals surface area contributed by atoms with Crippen molar-refractivity contribution >= 4 is 16.9 Å². The lowest BCUT2D eigenvalue weighted by molar-refractivity contribution is 0.318. The molecular weight excluding hydrogens is 330 g/mol. The fourth-order valence-electron chi connectivity index (χ4n) is 2.57. The SMILES string of the molecule is CN=C(NCc1noc(C(C)(C)C)n1)NCc1oc2ccccc2c1C. The van der Waals surface area contributed by atoms with Crippen LogP contribution >= 0.6 is 0 Å². The van der Waals surface area contributed by atoms with E-state index in [9.17, 15) is 0 Å². The largest absolute Gasteiger partial charge is 0.459 e. The molecule has 0 spiro atoms. The number of hydrogen-bond acceptors (Lipinski definition) is 5. The van der Waals surface area contributed by atoms with Crippen molar-refractivity contribution in [3.05, 3.63) is 47.3 Å². The van der Waals surface area contributed by atoms with Crippen molar-refractivity contribution in [1.29, 1.82) is 0 Å². The molecule has 7 heteroatoms. The van der Waals surface area contributed by atoms with Gasteiger partial charge in [0, 0.05) is 23.4 Å². The van der Waals surface area contributed by atoms with E-state index in [-0.39, 0.29) is 5.41 Å². The molecule has 0 aliphatic heterocycles. The lowest BCUT2D eigenvalue weighted by Crippen LogP contribution is -2.36. The highest BCUT2D eigenvalue weighted by Crippen LogP contribution is 2.24. The van der Waals surface area contributed by atoms with Crippen LogP contribution in [0.3, 0.4) is 0 Å². The Morgan fingerprint density at radius 3 is 2.54 bits per heavy atom. The van der Waals surface area contributed by atoms with Crippen LogP contribution in [-0.2, 0) is 18.5 Å². The smallest absolute Gasteiger partial charge is 0.232 e. The van der Waals surface area contributed by atoms with Crippen LogP contribution < -0.4 is 10.6 Å². The van der Waals surface area contributed by atoms with Gasteiger partial charge in [-0.1, -0.05) is 44.1 Å². The molecule has 0 amide bonds. The first kappa shape index (κ1) is 18.0. The predicted molar refractivity (Wildman–Crippen MR) is 101 cm³/mol. The third-order valence-corrected chi connectivity index (χ3v) is 4.11. The summed E-state index contributed by atoms with van der Waals surface area (Å²) in [5, 5.41) is 11.6. The summed E-state index contributed by atoms with van der Waals surface area (Å²) >= 11 is 0. The summed E-state index contributed by atoms with van der Waals surface area (Å²) in [6.07, 6.45) is 0. The molecule has 0 atom stereocenters. The Morgan fingerprint density at radius 2 is 1.88 bits per heavy atom. The first-order valence-electron chi connectivity index (χ1n) is 8.63. The Kier molecular flexibility index (Phi) is 4.97. The molecule has 2 aromatic heterocycles. The van der Waals surface area contributed by atoms with Gasteiger partial charge in [-0.15, -0.1) is 0 Å². The van der Waals surface area contributed by atoms with Crippen molar-refractivity contribution in [3.8, 4) is 0 Å². The number of aromatic nitrogens is 2. The Labute approximate surface area is 152 Å². The number of guanidine groups is 1. The number of nitrogens with one attached hydrogen (secondary N) is 2. The van der Waals surface area contributed by atoms with E-state index in [1.54, 1.807) is 7.05 Å². The molecule has 0 radical (unpaired) electrons. The molecule has 0 bridgehead atoms. The Morgan fingerprint density at radius 1 is 1.15 bits per heavy atom. The molecular formula is C19H25N5O2. The van der Waals surface area contributed by atoms with E-state index in [1.807, 2.05) is 39.0 Å². The van der Waals surface area contributed by atoms with Gasteiger partial charge < -0.3 is 19.6 Å². The minimum Gasteiger partial charge on any atom is -0.459 e. The van der Waals surface area contributed by atoms with Crippen LogP contribution in [0.25, 0.3) is 11.0 Å². The van der Waals surface area contributed by atoms with Crippen LogP contribution in [0.1, 0.15) is 43.8 Å². The maximum absolute atomic E-state index is 5.91. The van der Waals surface area contributed by atoms with Crippen LogP contribution in [-0.4, -0.2) is 23.1 Å². The average Bonchev–Trinajstić information content (AvgIpc) is 3.21. The van der Waals surface area contributed by atoms with Gasteiger partial charge in [0.05, 0.1) is 13.1 Å². The maximum Gasteiger partial charge on any atom is 0.232 e. The van der Waals surface area contributed by atoms with Crippen molar-refractivity contribution in [2.75, 3.05) is 7.05 Å². The van der Waals surface area contributed by atoms with Crippen LogP contribution in [0, 0.1) is 6.92 Å². The molecule has 0 saturated heterocycles. The number of aryl methyl sites for hydroxylation is 1. The number of furan rings is 1. The Bertz CT molecular complexity index is 918. The monoisotopic (exact) mass is 355 g/mol. The lowest BCUT2D eigenvalue weighted by Gasteiger charge is -2.11. The van der Waals surface area contributed by atoms with Crippen molar-refractivity contribution in [2.24, 2.45) is 4.99 Å². The van der Waals surface area contributed by atoms with E-state index in [2.05, 4.69) is 38.8 Å². The van der Waals surface area contributed by atoms with Gasteiger partial charge in [0.25, 0.3) is 0 Å². The van der Waals surface area contributed by atoms with Gasteiger partial charge in [-0.25, -0.2) is 0 Å². The molecule has 0 unspecified atom stereocenters. The van der Waals surface area contributed by atoms with Crippen molar-refractivity contribution in [3.63, 3.8) is 0 Å². The van der Waals surface area contributed by atoms with Crippen LogP contribution in [0.4, 0.5) is 0 Å². The number of aliphatic imine (C=N–C) groups is 1. The van der Waals surface area contributed by atoms with Crippen molar-refractivity contribution in [1.82, 2.24) is 20.8 Å². The summed E-state index contributed by atoms with van der Waals surface area (Å²) in [4.78, 5) is 8.63. The fraction of sp³-hybridized carbons (Fsp3) is 0.421. The van der Waals surface area contributed by atoms with Crippen LogP contribution in [0.15, 0.2) is 38.2 Å². The highest BCUT2D eigenvalue weighted by Gasteiger charge is 2.21. The standard InChI is InChI=1S/C19H25N5O2/c1-12-13-8-6-7-9-14(13)25-15(12)10-21-18(20-5)22-11-16-23-17(26-24-16)19(2,3)4/h6-9H,10-11H2,1-5H3,(H2,20,21,22). The number of hydrogen-bond donors (Lipinski definition) is 2. The first-order valence-corrected chi connectivity index (χ1v) is 8.63. The topological polar surface area (TPSA) is 88.5 Å². The van der Waals surface area contributed by atoms with Gasteiger partial charge in [0.2, 0.25) is 5.89 Å². The highest BCUT2D eigenvalue weighted by molar-refractivity contribution is 5.82. The molecule has 1 aromatic carbocycles. The molecule has 0 aliphatic rings. The highest BCUT2D eigenvalue weighted by atomic mass is 16.5. The summed E-state index contributed by atoms with van der Waals surface area (Å²) in [7, 11) is 1.72. The normalized spacial score (nSPS) is 12.6. The molecule has 3 aromatic rings. The second kappa shape index (κ2) is 7.19. The van der Waals surface area contributed by atoms with Crippen LogP contribution in [0.2, 0.25) is 0 Å². The van der Waals surface area contributed by atoms with Gasteiger partial charge in [0.15, 0.2) is 11.8 Å². The van der Waals surface area contributed by atoms with Crippen LogP contribution in [0.5, 0.6) is 0 Å². The summed E-state index contributed by atoms with van der Waals surface area (Å²) in [5.41, 5.74) is 1.87. The number of fused-ring (bicyclic) bond motifs is 1. The third kappa shape index (κ3) is 3.87. The zero-order chi connectivity index (χ0) is 18.7. The minimum absolute atomic E-state index is 0.163. The first-order chi connectivity index (χ1) is 12.4. The van der Waals surface area contributed by atoms with Gasteiger partial charge in [-0.3, -0.25) is 4.99 Å². The Balaban J connectivity index is 1.59. The summed E-state index contributed by atoms with van der Waals surface area (Å²) in [6, 6.07) is 8.02. The average molecular weight is 355 g/mol. The van der Waals surface area contributed by atoms with E-state index in [0.717, 1.165) is 22.3 Å². The molecule has 0 aliphatic carbocycles. The molecule has 0 saturated carbocycles. The summed E-state index contributed by atoms with van der Waals surface area (Å²) < 4.78 is 11.2. The number of nitrogens with zero attached hydrogens (tertiary/aromatic N) is 3. The lowest BCUT2D eigenvalue weighted by atomic mass is 9.97. The second-order valence-electron chi connectivity index (χ2n) is 7.19. The van der Waals surface area contributed by atoms with Gasteiger partial charge in [0.1, 0.15) is 11.3 Å². The third-order valence-electron chi connectivity index (χ3n) is 4.11. The molecule has 0 fully saturated rings. The zero-order valence-electron chi connectivity index (χ0n) is 15.9.